The molecule has 14 heteroatoms. The van der Waals surface area contributed by atoms with Crippen LogP contribution in [0.3, 0.4) is 0 Å². The van der Waals surface area contributed by atoms with Crippen molar-refractivity contribution in [2.75, 3.05) is 13.2 Å². The predicted octanol–water partition coefficient (Wildman–Crippen LogP) is 10.4. The van der Waals surface area contributed by atoms with E-state index in [2.05, 4.69) is 38.2 Å². The van der Waals surface area contributed by atoms with Gasteiger partial charge >= 0.3 is 19.8 Å². The Bertz CT molecular complexity index is 1200. The molecule has 1 aliphatic rings. The highest BCUT2D eigenvalue weighted by atomic mass is 31.2. The number of carbonyl (C=O) groups is 2. The van der Waals surface area contributed by atoms with Crippen LogP contribution in [0.5, 0.6) is 0 Å². The third kappa shape index (κ3) is 31.8. The van der Waals surface area contributed by atoms with Gasteiger partial charge in [0.15, 0.2) is 6.10 Å². The van der Waals surface area contributed by atoms with E-state index in [1.165, 1.54) is 109 Å². The number of aliphatic hydroxyl groups is 5. The van der Waals surface area contributed by atoms with E-state index in [1.807, 2.05) is 0 Å². The molecular formula is C49H91O13P. The summed E-state index contributed by atoms with van der Waals surface area (Å²) >= 11 is 0. The van der Waals surface area contributed by atoms with Gasteiger partial charge in [0.05, 0.1) is 6.61 Å². The van der Waals surface area contributed by atoms with E-state index in [9.17, 15) is 44.6 Å². The van der Waals surface area contributed by atoms with Crippen molar-refractivity contribution >= 4 is 19.8 Å². The highest BCUT2D eigenvalue weighted by Gasteiger charge is 2.51. The molecule has 1 fully saturated rings. The minimum atomic E-state index is -5.12. The first kappa shape index (κ1) is 59.3. The second-order valence-electron chi connectivity index (χ2n) is 17.7. The maximum absolute atomic E-state index is 12.8. The minimum Gasteiger partial charge on any atom is -0.462 e. The zero-order valence-electron chi connectivity index (χ0n) is 39.4. The van der Waals surface area contributed by atoms with Crippen molar-refractivity contribution in [3.05, 3.63) is 24.3 Å². The monoisotopic (exact) mass is 919 g/mol. The first-order chi connectivity index (χ1) is 30.4. The Balaban J connectivity index is 2.41. The molecule has 6 unspecified atom stereocenters. The molecule has 0 bridgehead atoms. The molecule has 370 valence electrons. The molecule has 1 aliphatic carbocycles. The van der Waals surface area contributed by atoms with Crippen LogP contribution in [0.25, 0.3) is 0 Å². The summed E-state index contributed by atoms with van der Waals surface area (Å²) in [4.78, 5) is 35.8. The average Bonchev–Trinajstić information content (AvgIpc) is 3.26. The molecular weight excluding hydrogens is 828 g/mol. The Hall–Kier alpha value is -1.67. The normalized spacial score (nSPS) is 21.8. The Labute approximate surface area is 381 Å². The molecule has 0 saturated heterocycles. The Morgan fingerprint density at radius 3 is 1.21 bits per heavy atom. The van der Waals surface area contributed by atoms with Crippen molar-refractivity contribution in [2.24, 2.45) is 0 Å². The number of unbranched alkanes of at least 4 members (excludes halogenated alkanes) is 26. The first-order valence-electron chi connectivity index (χ1n) is 25.1. The summed E-state index contributed by atoms with van der Waals surface area (Å²) in [6.07, 6.45) is 30.8. The van der Waals surface area contributed by atoms with Crippen LogP contribution in [0.15, 0.2) is 24.3 Å². The van der Waals surface area contributed by atoms with Crippen LogP contribution in [0.4, 0.5) is 0 Å². The Kier molecular flexibility index (Phi) is 37.2. The Morgan fingerprint density at radius 2 is 0.810 bits per heavy atom. The number of rotatable bonds is 42. The van der Waals surface area contributed by atoms with Gasteiger partial charge in [-0.1, -0.05) is 167 Å². The Morgan fingerprint density at radius 1 is 0.476 bits per heavy atom. The van der Waals surface area contributed by atoms with Gasteiger partial charge in [-0.2, -0.15) is 0 Å². The van der Waals surface area contributed by atoms with Crippen molar-refractivity contribution in [3.63, 3.8) is 0 Å². The zero-order valence-corrected chi connectivity index (χ0v) is 40.3. The molecule has 0 aliphatic heterocycles. The summed E-state index contributed by atoms with van der Waals surface area (Å²) in [5.41, 5.74) is 0. The predicted molar refractivity (Wildman–Crippen MR) is 249 cm³/mol. The molecule has 0 radical (unpaired) electrons. The molecule has 0 aromatic rings. The van der Waals surface area contributed by atoms with E-state index < -0.39 is 75.7 Å². The fraction of sp³-hybridized carbons (Fsp3) is 0.878. The molecule has 0 heterocycles. The summed E-state index contributed by atoms with van der Waals surface area (Å²) in [6.45, 7) is 3.30. The number of hydrogen-bond donors (Lipinski definition) is 6. The summed E-state index contributed by atoms with van der Waals surface area (Å²) in [7, 11) is -5.12. The van der Waals surface area contributed by atoms with E-state index in [0.717, 1.165) is 70.6 Å². The van der Waals surface area contributed by atoms with Crippen LogP contribution < -0.4 is 0 Å². The summed E-state index contributed by atoms with van der Waals surface area (Å²) in [5.74, 6) is -1.11. The summed E-state index contributed by atoms with van der Waals surface area (Å²) in [6, 6.07) is 0. The number of aliphatic hydroxyl groups excluding tert-OH is 5. The van der Waals surface area contributed by atoms with Crippen LogP contribution in [0.1, 0.15) is 219 Å². The first-order valence-corrected chi connectivity index (χ1v) is 26.6. The van der Waals surface area contributed by atoms with Gasteiger partial charge in [-0.05, 0) is 64.2 Å². The van der Waals surface area contributed by atoms with Gasteiger partial charge in [0, 0.05) is 12.8 Å². The number of phosphoric acid groups is 1. The number of carbonyl (C=O) groups excluding carboxylic acids is 2. The van der Waals surface area contributed by atoms with E-state index in [1.54, 1.807) is 0 Å². The molecule has 0 spiro atoms. The van der Waals surface area contributed by atoms with E-state index >= 15 is 0 Å². The van der Waals surface area contributed by atoms with Crippen molar-refractivity contribution in [3.8, 4) is 0 Å². The summed E-state index contributed by atoms with van der Waals surface area (Å²) in [5, 5.41) is 50.2. The molecule has 8 atom stereocenters. The highest BCUT2D eigenvalue weighted by molar-refractivity contribution is 7.47. The fourth-order valence-electron chi connectivity index (χ4n) is 7.69. The third-order valence-corrected chi connectivity index (χ3v) is 12.8. The second kappa shape index (κ2) is 39.5. The minimum absolute atomic E-state index is 0.0878. The maximum Gasteiger partial charge on any atom is 0.472 e. The van der Waals surface area contributed by atoms with Gasteiger partial charge < -0.3 is 39.9 Å². The fourth-order valence-corrected chi connectivity index (χ4v) is 8.66. The van der Waals surface area contributed by atoms with Gasteiger partial charge in [-0.15, -0.1) is 0 Å². The lowest BCUT2D eigenvalue weighted by Crippen LogP contribution is -2.64. The third-order valence-electron chi connectivity index (χ3n) is 11.8. The molecule has 13 nitrogen and oxygen atoms in total. The number of esters is 2. The number of ether oxygens (including phenoxy) is 2. The number of allylic oxidation sites excluding steroid dienone is 4. The van der Waals surface area contributed by atoms with Crippen molar-refractivity contribution in [1.82, 2.24) is 0 Å². The van der Waals surface area contributed by atoms with Gasteiger partial charge in [0.25, 0.3) is 0 Å². The molecule has 6 N–H and O–H groups in total. The lowest BCUT2D eigenvalue weighted by molar-refractivity contribution is -0.220. The number of hydrogen-bond acceptors (Lipinski definition) is 12. The van der Waals surface area contributed by atoms with E-state index in [-0.39, 0.29) is 12.8 Å². The van der Waals surface area contributed by atoms with Crippen LogP contribution in [0.2, 0.25) is 0 Å². The molecule has 1 saturated carbocycles. The van der Waals surface area contributed by atoms with Gasteiger partial charge in [0.2, 0.25) is 0 Å². The summed E-state index contributed by atoms with van der Waals surface area (Å²) < 4.78 is 33.6. The SMILES string of the molecule is CCCCCCCC/C=C\CCCCCCCC(=O)O[C@H](COC(=O)CCCCCCCCC/C=C\CCCCCCCCCC)COP(=O)(O)OC1C(O)C(O)C(O)[C@@H](O)C1O. The van der Waals surface area contributed by atoms with E-state index in [0.29, 0.717) is 12.8 Å². The molecule has 1 rings (SSSR count). The molecule has 0 amide bonds. The average molecular weight is 919 g/mol. The lowest BCUT2D eigenvalue weighted by atomic mass is 9.85. The topological polar surface area (TPSA) is 210 Å². The number of phosphoric ester groups is 1. The van der Waals surface area contributed by atoms with Gasteiger partial charge in [-0.3, -0.25) is 18.6 Å². The molecule has 0 aromatic heterocycles. The van der Waals surface area contributed by atoms with Crippen LogP contribution >= 0.6 is 7.82 Å². The smallest absolute Gasteiger partial charge is 0.462 e. The molecule has 63 heavy (non-hydrogen) atoms. The van der Waals surface area contributed by atoms with Crippen molar-refractivity contribution < 1.29 is 63.1 Å². The van der Waals surface area contributed by atoms with Gasteiger partial charge in [0.1, 0.15) is 43.2 Å². The van der Waals surface area contributed by atoms with E-state index in [4.69, 9.17) is 18.5 Å². The maximum atomic E-state index is 12.8. The lowest BCUT2D eigenvalue weighted by Gasteiger charge is -2.41. The van der Waals surface area contributed by atoms with Gasteiger partial charge in [-0.25, -0.2) is 4.57 Å². The largest absolute Gasteiger partial charge is 0.472 e. The standard InChI is InChI=1S/C49H91O13P/c1-3-5-7-9-11-13-15-17-19-20-21-22-24-25-27-29-31-33-35-37-42(50)59-39-41(40-60-63(57,58)62-49-47(55)45(53)44(52)46(54)48(49)56)61-43(51)38-36-34-32-30-28-26-23-18-16-14-12-10-8-6-4-2/h18,20-21,23,41,44-49,52-56H,3-17,19,22,24-40H2,1-2H3,(H,57,58)/b21-20-,23-18-/t41-,44?,45-,46?,47?,48?,49?/m1/s1. The highest BCUT2D eigenvalue weighted by Crippen LogP contribution is 2.47. The quantitative estimate of drug-likeness (QED) is 0.0146. The van der Waals surface area contributed by atoms with Crippen LogP contribution in [0, 0.1) is 0 Å². The zero-order chi connectivity index (χ0) is 46.4. The van der Waals surface area contributed by atoms with Crippen molar-refractivity contribution in [1.29, 1.82) is 0 Å². The molecule has 0 aromatic carbocycles. The van der Waals surface area contributed by atoms with Crippen LogP contribution in [-0.4, -0.2) is 98.3 Å². The van der Waals surface area contributed by atoms with Crippen LogP contribution in [-0.2, 0) is 32.7 Å². The van der Waals surface area contributed by atoms with Crippen molar-refractivity contribution in [2.45, 2.75) is 262 Å². The second-order valence-corrected chi connectivity index (χ2v) is 19.1.